The van der Waals surface area contributed by atoms with Crippen molar-refractivity contribution in [1.29, 1.82) is 0 Å². The summed E-state index contributed by atoms with van der Waals surface area (Å²) in [6, 6.07) is 7.96. The van der Waals surface area contributed by atoms with Gasteiger partial charge < -0.3 is 15.0 Å². The largest absolute Gasteiger partial charge is 0.497 e. The number of nitrogens with zero attached hydrogens (tertiary/aromatic N) is 2. The molecule has 17 heavy (non-hydrogen) atoms. The number of methoxy groups -OCH3 is 1. The highest BCUT2D eigenvalue weighted by atomic mass is 16.5. The van der Waals surface area contributed by atoms with Gasteiger partial charge in [0.25, 0.3) is 0 Å². The summed E-state index contributed by atoms with van der Waals surface area (Å²) in [4.78, 5) is 6.51. The molecule has 0 aliphatic heterocycles. The molecule has 0 saturated carbocycles. The van der Waals surface area contributed by atoms with Crippen molar-refractivity contribution in [2.75, 3.05) is 27.7 Å². The Morgan fingerprint density at radius 3 is 2.41 bits per heavy atom. The molecule has 94 valence electrons. The second-order valence-electron chi connectivity index (χ2n) is 3.91. The Hall–Kier alpha value is -1.71. The molecule has 4 heteroatoms. The van der Waals surface area contributed by atoms with Crippen LogP contribution in [0.3, 0.4) is 0 Å². The molecule has 0 fully saturated rings. The van der Waals surface area contributed by atoms with Gasteiger partial charge in [0.15, 0.2) is 5.96 Å². The molecule has 1 aromatic rings. The van der Waals surface area contributed by atoms with Crippen molar-refractivity contribution in [2.24, 2.45) is 4.99 Å². The maximum atomic E-state index is 5.12. The van der Waals surface area contributed by atoms with Crippen LogP contribution in [0.4, 0.5) is 0 Å². The van der Waals surface area contributed by atoms with Crippen molar-refractivity contribution in [3.8, 4) is 5.75 Å². The molecule has 1 rings (SSSR count). The van der Waals surface area contributed by atoms with Gasteiger partial charge in [-0.3, -0.25) is 0 Å². The summed E-state index contributed by atoms with van der Waals surface area (Å²) in [7, 11) is 5.63. The first kappa shape index (κ1) is 13.4. The molecule has 0 saturated heterocycles. The number of ether oxygens (including phenoxy) is 1. The van der Waals surface area contributed by atoms with Crippen LogP contribution in [0.1, 0.15) is 12.5 Å². The summed E-state index contributed by atoms with van der Waals surface area (Å²) >= 11 is 0. The van der Waals surface area contributed by atoms with E-state index in [1.54, 1.807) is 7.11 Å². The molecular weight excluding hydrogens is 214 g/mol. The van der Waals surface area contributed by atoms with Gasteiger partial charge in [-0.25, -0.2) is 4.99 Å². The maximum Gasteiger partial charge on any atom is 0.193 e. The van der Waals surface area contributed by atoms with Crippen LogP contribution in [0.25, 0.3) is 0 Å². The summed E-state index contributed by atoms with van der Waals surface area (Å²) in [5.41, 5.74) is 1.17. The summed E-state index contributed by atoms with van der Waals surface area (Å²) in [6.07, 6.45) is 0. The van der Waals surface area contributed by atoms with Crippen LogP contribution in [-0.4, -0.2) is 38.6 Å². The van der Waals surface area contributed by atoms with E-state index in [2.05, 4.69) is 17.2 Å². The predicted molar refractivity (Wildman–Crippen MR) is 71.5 cm³/mol. The van der Waals surface area contributed by atoms with Gasteiger partial charge in [0.2, 0.25) is 0 Å². The molecule has 0 aromatic heterocycles. The third-order valence-electron chi connectivity index (χ3n) is 2.33. The lowest BCUT2D eigenvalue weighted by molar-refractivity contribution is 0.414. The maximum absolute atomic E-state index is 5.12. The standard InChI is InChI=1S/C13H21N3O/c1-5-14-13(16(2)3)15-10-11-6-8-12(17-4)9-7-11/h6-9H,5,10H2,1-4H3,(H,14,15). The molecule has 0 bridgehead atoms. The Kier molecular flexibility index (Phi) is 5.33. The van der Waals surface area contributed by atoms with Gasteiger partial charge in [-0.2, -0.15) is 0 Å². The molecule has 0 aliphatic carbocycles. The minimum Gasteiger partial charge on any atom is -0.497 e. The number of benzene rings is 1. The first-order valence-electron chi connectivity index (χ1n) is 5.76. The molecular formula is C13H21N3O. The lowest BCUT2D eigenvalue weighted by Gasteiger charge is -2.16. The van der Waals surface area contributed by atoms with Gasteiger partial charge in [-0.05, 0) is 24.6 Å². The van der Waals surface area contributed by atoms with Gasteiger partial charge in [0, 0.05) is 20.6 Å². The molecule has 0 unspecified atom stereocenters. The molecule has 0 aliphatic rings. The zero-order chi connectivity index (χ0) is 12.7. The van der Waals surface area contributed by atoms with E-state index in [1.807, 2.05) is 43.3 Å². The highest BCUT2D eigenvalue weighted by Gasteiger charge is 1.99. The van der Waals surface area contributed by atoms with E-state index in [-0.39, 0.29) is 0 Å². The fourth-order valence-corrected chi connectivity index (χ4v) is 1.41. The zero-order valence-corrected chi connectivity index (χ0v) is 11.0. The van der Waals surface area contributed by atoms with E-state index in [4.69, 9.17) is 4.74 Å². The minimum atomic E-state index is 0.671. The van der Waals surface area contributed by atoms with E-state index >= 15 is 0 Å². The highest BCUT2D eigenvalue weighted by molar-refractivity contribution is 5.79. The van der Waals surface area contributed by atoms with Crippen molar-refractivity contribution >= 4 is 5.96 Å². The average Bonchev–Trinajstić information content (AvgIpc) is 2.34. The number of hydrogen-bond donors (Lipinski definition) is 1. The van der Waals surface area contributed by atoms with Gasteiger partial charge in [0.1, 0.15) is 5.75 Å². The second-order valence-corrected chi connectivity index (χ2v) is 3.91. The Balaban J connectivity index is 2.65. The SMILES string of the molecule is CCNC(=NCc1ccc(OC)cc1)N(C)C. The van der Waals surface area contributed by atoms with Crippen molar-refractivity contribution < 1.29 is 4.74 Å². The van der Waals surface area contributed by atoms with Crippen molar-refractivity contribution in [3.63, 3.8) is 0 Å². The molecule has 4 nitrogen and oxygen atoms in total. The Morgan fingerprint density at radius 1 is 1.29 bits per heavy atom. The molecule has 0 atom stereocenters. The highest BCUT2D eigenvalue weighted by Crippen LogP contribution is 2.11. The molecule has 0 amide bonds. The van der Waals surface area contributed by atoms with Gasteiger partial charge in [-0.15, -0.1) is 0 Å². The Labute approximate surface area is 103 Å². The van der Waals surface area contributed by atoms with Crippen molar-refractivity contribution in [1.82, 2.24) is 10.2 Å². The van der Waals surface area contributed by atoms with Crippen LogP contribution in [0.5, 0.6) is 5.75 Å². The molecule has 0 heterocycles. The van der Waals surface area contributed by atoms with Crippen LogP contribution in [-0.2, 0) is 6.54 Å². The summed E-state index contributed by atoms with van der Waals surface area (Å²) in [6.45, 7) is 3.61. The van der Waals surface area contributed by atoms with Crippen LogP contribution in [0.2, 0.25) is 0 Å². The third kappa shape index (κ3) is 4.34. The fraction of sp³-hybridized carbons (Fsp3) is 0.462. The average molecular weight is 235 g/mol. The summed E-state index contributed by atoms with van der Waals surface area (Å²) in [5.74, 6) is 1.78. The third-order valence-corrected chi connectivity index (χ3v) is 2.33. The Bertz CT molecular complexity index is 357. The fourth-order valence-electron chi connectivity index (χ4n) is 1.41. The van der Waals surface area contributed by atoms with Gasteiger partial charge in [0.05, 0.1) is 13.7 Å². The first-order chi connectivity index (χ1) is 8.17. The molecule has 0 spiro atoms. The zero-order valence-electron chi connectivity index (χ0n) is 11.0. The van der Waals surface area contributed by atoms with Gasteiger partial charge in [-0.1, -0.05) is 12.1 Å². The second kappa shape index (κ2) is 6.78. The van der Waals surface area contributed by atoms with Crippen LogP contribution >= 0.6 is 0 Å². The van der Waals surface area contributed by atoms with Crippen molar-refractivity contribution in [2.45, 2.75) is 13.5 Å². The van der Waals surface area contributed by atoms with E-state index in [0.717, 1.165) is 18.3 Å². The van der Waals surface area contributed by atoms with Gasteiger partial charge >= 0.3 is 0 Å². The molecule has 1 N–H and O–H groups in total. The smallest absolute Gasteiger partial charge is 0.193 e. The van der Waals surface area contributed by atoms with E-state index < -0.39 is 0 Å². The van der Waals surface area contributed by atoms with E-state index in [1.165, 1.54) is 5.56 Å². The first-order valence-corrected chi connectivity index (χ1v) is 5.76. The Morgan fingerprint density at radius 2 is 1.94 bits per heavy atom. The summed E-state index contributed by atoms with van der Waals surface area (Å²) < 4.78 is 5.12. The van der Waals surface area contributed by atoms with E-state index in [9.17, 15) is 0 Å². The van der Waals surface area contributed by atoms with Crippen LogP contribution in [0.15, 0.2) is 29.3 Å². The normalized spacial score (nSPS) is 11.2. The lowest BCUT2D eigenvalue weighted by Crippen LogP contribution is -2.36. The molecule has 1 aromatic carbocycles. The number of rotatable bonds is 4. The van der Waals surface area contributed by atoms with E-state index in [0.29, 0.717) is 6.54 Å². The van der Waals surface area contributed by atoms with Crippen LogP contribution < -0.4 is 10.1 Å². The molecule has 0 radical (unpaired) electrons. The number of aliphatic imine (C=N–C) groups is 1. The number of hydrogen-bond acceptors (Lipinski definition) is 2. The lowest BCUT2D eigenvalue weighted by atomic mass is 10.2. The van der Waals surface area contributed by atoms with Crippen molar-refractivity contribution in [3.05, 3.63) is 29.8 Å². The minimum absolute atomic E-state index is 0.671. The summed E-state index contributed by atoms with van der Waals surface area (Å²) in [5, 5.41) is 3.23. The number of guanidine groups is 1. The van der Waals surface area contributed by atoms with Crippen LogP contribution in [0, 0.1) is 0 Å². The number of nitrogens with one attached hydrogen (secondary N) is 1. The predicted octanol–water partition coefficient (Wildman–Crippen LogP) is 1.72. The monoisotopic (exact) mass is 235 g/mol. The topological polar surface area (TPSA) is 36.9 Å². The quantitative estimate of drug-likeness (QED) is 0.638.